The van der Waals surface area contributed by atoms with Crippen molar-refractivity contribution in [3.05, 3.63) is 28.3 Å². The van der Waals surface area contributed by atoms with Crippen LogP contribution >= 0.6 is 11.3 Å². The average molecular weight is 345 g/mol. The summed E-state index contributed by atoms with van der Waals surface area (Å²) < 4.78 is 39.2. The Hall–Kier alpha value is -1.90. The number of fused-ring (bicyclic) bond motifs is 1. The van der Waals surface area contributed by atoms with Gasteiger partial charge in [-0.25, -0.2) is 4.98 Å². The minimum atomic E-state index is -4.16. The van der Waals surface area contributed by atoms with Gasteiger partial charge in [-0.3, -0.25) is 10.1 Å². The largest absolute Gasteiger partial charge is 0.391 e. The van der Waals surface area contributed by atoms with Crippen LogP contribution in [0.5, 0.6) is 0 Å². The fourth-order valence-electron chi connectivity index (χ4n) is 2.88. The molecule has 1 aliphatic carbocycles. The Labute approximate surface area is 133 Å². The van der Waals surface area contributed by atoms with Gasteiger partial charge in [0.15, 0.2) is 5.13 Å². The number of non-ortho nitro benzene ring substituents is 1. The second kappa shape index (κ2) is 5.95. The van der Waals surface area contributed by atoms with E-state index in [0.29, 0.717) is 28.2 Å². The van der Waals surface area contributed by atoms with Gasteiger partial charge in [0.2, 0.25) is 0 Å². The molecule has 1 N–H and O–H groups in total. The first-order chi connectivity index (χ1) is 10.8. The van der Waals surface area contributed by atoms with Crippen LogP contribution in [0.25, 0.3) is 10.2 Å². The van der Waals surface area contributed by atoms with Gasteiger partial charge in [-0.15, -0.1) is 0 Å². The van der Waals surface area contributed by atoms with Crippen LogP contribution in [0.3, 0.4) is 0 Å². The molecule has 0 spiro atoms. The van der Waals surface area contributed by atoms with Crippen LogP contribution in [-0.2, 0) is 0 Å². The summed E-state index contributed by atoms with van der Waals surface area (Å²) in [6.07, 6.45) is -2.75. The number of nitrogens with one attached hydrogen (secondary N) is 1. The van der Waals surface area contributed by atoms with Crippen molar-refractivity contribution in [2.45, 2.75) is 37.9 Å². The van der Waals surface area contributed by atoms with Gasteiger partial charge in [0.05, 0.1) is 21.1 Å². The molecule has 1 heterocycles. The van der Waals surface area contributed by atoms with E-state index in [9.17, 15) is 23.3 Å². The van der Waals surface area contributed by atoms with E-state index >= 15 is 0 Å². The Balaban J connectivity index is 1.75. The molecule has 1 aromatic heterocycles. The van der Waals surface area contributed by atoms with Gasteiger partial charge in [0.25, 0.3) is 5.69 Å². The molecule has 5 nitrogen and oxygen atoms in total. The van der Waals surface area contributed by atoms with Crippen molar-refractivity contribution in [1.82, 2.24) is 4.98 Å². The standard InChI is InChI=1S/C14H14F3N3O2S/c15-14(16,17)8-2-1-3-9(6-8)18-13-19-11-5-4-10(20(21)22)7-12(11)23-13/h4-5,7-9H,1-3,6H2,(H,18,19). The number of halogens is 3. The van der Waals surface area contributed by atoms with Crippen molar-refractivity contribution in [3.8, 4) is 0 Å². The van der Waals surface area contributed by atoms with Crippen LogP contribution in [0.2, 0.25) is 0 Å². The van der Waals surface area contributed by atoms with Crippen LogP contribution in [0.15, 0.2) is 18.2 Å². The molecule has 0 radical (unpaired) electrons. The number of rotatable bonds is 3. The topological polar surface area (TPSA) is 68.1 Å². The summed E-state index contributed by atoms with van der Waals surface area (Å²) >= 11 is 1.22. The molecule has 2 unspecified atom stereocenters. The number of nitro benzene ring substituents is 1. The van der Waals surface area contributed by atoms with Gasteiger partial charge < -0.3 is 5.32 Å². The van der Waals surface area contributed by atoms with E-state index in [4.69, 9.17) is 0 Å². The number of hydrogen-bond acceptors (Lipinski definition) is 5. The van der Waals surface area contributed by atoms with Gasteiger partial charge in [-0.1, -0.05) is 17.8 Å². The number of aromatic nitrogens is 1. The average Bonchev–Trinajstić information content (AvgIpc) is 2.87. The zero-order valence-electron chi connectivity index (χ0n) is 12.0. The monoisotopic (exact) mass is 345 g/mol. The Bertz CT molecular complexity index is 732. The Morgan fingerprint density at radius 1 is 1.35 bits per heavy atom. The lowest BCUT2D eigenvalue weighted by Gasteiger charge is -2.30. The van der Waals surface area contributed by atoms with Gasteiger partial charge >= 0.3 is 6.18 Å². The molecule has 1 fully saturated rings. The number of alkyl halides is 3. The van der Waals surface area contributed by atoms with E-state index < -0.39 is 17.0 Å². The Kier molecular flexibility index (Phi) is 4.13. The van der Waals surface area contributed by atoms with E-state index in [1.807, 2.05) is 0 Å². The maximum absolute atomic E-state index is 12.8. The molecule has 0 aliphatic heterocycles. The molecule has 1 aromatic carbocycles. The third-order valence-corrected chi connectivity index (χ3v) is 5.00. The molecule has 9 heteroatoms. The maximum Gasteiger partial charge on any atom is 0.391 e. The van der Waals surface area contributed by atoms with Crippen LogP contribution in [0.1, 0.15) is 25.7 Å². The molecule has 3 rings (SSSR count). The van der Waals surface area contributed by atoms with Crippen molar-refractivity contribution in [2.75, 3.05) is 5.32 Å². The number of benzene rings is 1. The molecule has 0 saturated heterocycles. The number of anilines is 1. The zero-order valence-corrected chi connectivity index (χ0v) is 12.8. The molecular weight excluding hydrogens is 331 g/mol. The predicted octanol–water partition coefficient (Wildman–Crippen LogP) is 4.74. The summed E-state index contributed by atoms with van der Waals surface area (Å²) in [5.41, 5.74) is 0.578. The molecule has 0 amide bonds. The van der Waals surface area contributed by atoms with Crippen LogP contribution in [0, 0.1) is 16.0 Å². The lowest BCUT2D eigenvalue weighted by atomic mass is 9.85. The normalized spacial score (nSPS) is 22.2. The summed E-state index contributed by atoms with van der Waals surface area (Å²) in [4.78, 5) is 14.6. The molecule has 2 aromatic rings. The highest BCUT2D eigenvalue weighted by Gasteiger charge is 2.42. The van der Waals surface area contributed by atoms with Gasteiger partial charge in [0.1, 0.15) is 0 Å². The molecule has 1 saturated carbocycles. The fourth-order valence-corrected chi connectivity index (χ4v) is 3.86. The van der Waals surface area contributed by atoms with Crippen LogP contribution in [0.4, 0.5) is 24.0 Å². The second-order valence-electron chi connectivity index (χ2n) is 5.67. The minimum Gasteiger partial charge on any atom is -0.359 e. The van der Waals surface area contributed by atoms with Gasteiger partial charge in [-0.05, 0) is 25.3 Å². The highest BCUT2D eigenvalue weighted by Crippen LogP contribution is 2.39. The Morgan fingerprint density at radius 3 is 2.83 bits per heavy atom. The third kappa shape index (κ3) is 3.54. The summed E-state index contributed by atoms with van der Waals surface area (Å²) in [5, 5.41) is 14.3. The highest BCUT2D eigenvalue weighted by atomic mass is 32.1. The number of hydrogen-bond donors (Lipinski definition) is 1. The smallest absolute Gasteiger partial charge is 0.359 e. The SMILES string of the molecule is O=[N+]([O-])c1ccc2nc(NC3CCCC(C(F)(F)F)C3)sc2c1. The molecule has 0 bridgehead atoms. The van der Waals surface area contributed by atoms with Crippen molar-refractivity contribution < 1.29 is 18.1 Å². The molecule has 23 heavy (non-hydrogen) atoms. The second-order valence-corrected chi connectivity index (χ2v) is 6.71. The minimum absolute atomic E-state index is 0.0255. The summed E-state index contributed by atoms with van der Waals surface area (Å²) in [5.74, 6) is -1.27. The summed E-state index contributed by atoms with van der Waals surface area (Å²) in [6, 6.07) is 4.07. The van der Waals surface area contributed by atoms with E-state index in [2.05, 4.69) is 10.3 Å². The zero-order chi connectivity index (χ0) is 16.6. The first kappa shape index (κ1) is 16.0. The van der Waals surface area contributed by atoms with E-state index in [-0.39, 0.29) is 24.6 Å². The fraction of sp³-hybridized carbons (Fsp3) is 0.500. The lowest BCUT2D eigenvalue weighted by molar-refractivity contribution is -0.384. The van der Waals surface area contributed by atoms with Crippen molar-refractivity contribution >= 4 is 32.4 Å². The summed E-state index contributed by atoms with van der Waals surface area (Å²) in [6.45, 7) is 0. The quantitative estimate of drug-likeness (QED) is 0.644. The number of nitrogens with zero attached hydrogens (tertiary/aromatic N) is 2. The third-order valence-electron chi connectivity index (χ3n) is 4.05. The first-order valence-electron chi connectivity index (χ1n) is 7.21. The van der Waals surface area contributed by atoms with Crippen LogP contribution in [-0.4, -0.2) is 22.1 Å². The lowest BCUT2D eigenvalue weighted by Crippen LogP contribution is -2.34. The van der Waals surface area contributed by atoms with Gasteiger partial charge in [-0.2, -0.15) is 13.2 Å². The predicted molar refractivity (Wildman–Crippen MR) is 81.7 cm³/mol. The van der Waals surface area contributed by atoms with Crippen molar-refractivity contribution in [2.24, 2.45) is 5.92 Å². The molecule has 1 aliphatic rings. The van der Waals surface area contributed by atoms with Gasteiger partial charge in [0, 0.05) is 18.2 Å². The van der Waals surface area contributed by atoms with Crippen molar-refractivity contribution in [3.63, 3.8) is 0 Å². The summed E-state index contributed by atoms with van der Waals surface area (Å²) in [7, 11) is 0. The van der Waals surface area contributed by atoms with Crippen molar-refractivity contribution in [1.29, 1.82) is 0 Å². The van der Waals surface area contributed by atoms with E-state index in [0.717, 1.165) is 0 Å². The highest BCUT2D eigenvalue weighted by molar-refractivity contribution is 7.22. The van der Waals surface area contributed by atoms with E-state index in [1.54, 1.807) is 6.07 Å². The molecule has 124 valence electrons. The first-order valence-corrected chi connectivity index (χ1v) is 8.03. The van der Waals surface area contributed by atoms with Crippen LogP contribution < -0.4 is 5.32 Å². The number of nitro groups is 1. The number of thiazole rings is 1. The molecule has 2 atom stereocenters. The van der Waals surface area contributed by atoms with E-state index in [1.165, 1.54) is 23.5 Å². The Morgan fingerprint density at radius 2 is 2.13 bits per heavy atom. The molecular formula is C14H14F3N3O2S. The maximum atomic E-state index is 12.8.